The number of hydrogen-bond donors (Lipinski definition) is 2. The van der Waals surface area contributed by atoms with Crippen molar-refractivity contribution in [2.24, 2.45) is 0 Å². The second kappa shape index (κ2) is 8.77. The maximum absolute atomic E-state index is 13.3. The van der Waals surface area contributed by atoms with Crippen molar-refractivity contribution in [1.29, 1.82) is 0 Å². The molecule has 0 aliphatic heterocycles. The molecule has 2 aromatic carbocycles. The van der Waals surface area contributed by atoms with E-state index >= 15 is 0 Å². The summed E-state index contributed by atoms with van der Waals surface area (Å²) in [5.74, 6) is -0.206. The van der Waals surface area contributed by atoms with Crippen molar-refractivity contribution in [3.8, 4) is 5.75 Å². The van der Waals surface area contributed by atoms with Crippen LogP contribution in [0.4, 0.5) is 10.1 Å². The molecule has 2 N–H and O–H groups in total. The smallest absolute Gasteiger partial charge is 0.240 e. The van der Waals surface area contributed by atoms with Crippen molar-refractivity contribution >= 4 is 21.6 Å². The molecule has 2 aromatic rings. The van der Waals surface area contributed by atoms with E-state index in [1.54, 1.807) is 31.2 Å². The van der Waals surface area contributed by atoms with Gasteiger partial charge in [0.05, 0.1) is 11.5 Å². The topological polar surface area (TPSA) is 84.5 Å². The highest BCUT2D eigenvalue weighted by atomic mass is 32.2. The Morgan fingerprint density at radius 2 is 1.96 bits per heavy atom. The number of halogens is 1. The molecule has 6 nitrogen and oxygen atoms in total. The average Bonchev–Trinajstić information content (AvgIpc) is 2.56. The normalized spacial score (nSPS) is 11.2. The summed E-state index contributed by atoms with van der Waals surface area (Å²) in [6, 6.07) is 10.6. The molecule has 26 heavy (non-hydrogen) atoms. The van der Waals surface area contributed by atoms with Crippen LogP contribution in [0.25, 0.3) is 0 Å². The van der Waals surface area contributed by atoms with Gasteiger partial charge in [-0.2, -0.15) is 0 Å². The van der Waals surface area contributed by atoms with Crippen LogP contribution in [0.3, 0.4) is 0 Å². The third-order valence-electron chi connectivity index (χ3n) is 3.48. The van der Waals surface area contributed by atoms with Gasteiger partial charge in [0.25, 0.3) is 0 Å². The molecular weight excluding hydrogens is 359 g/mol. The number of hydrogen-bond acceptors (Lipinski definition) is 4. The zero-order valence-electron chi connectivity index (χ0n) is 14.6. The molecule has 0 fully saturated rings. The number of carbonyl (C=O) groups is 1. The summed E-state index contributed by atoms with van der Waals surface area (Å²) in [5.41, 5.74) is 1.10. The first kappa shape index (κ1) is 19.9. The summed E-state index contributed by atoms with van der Waals surface area (Å²) >= 11 is 0. The van der Waals surface area contributed by atoms with Gasteiger partial charge in [-0.1, -0.05) is 12.1 Å². The van der Waals surface area contributed by atoms with Crippen molar-refractivity contribution in [2.75, 3.05) is 18.5 Å². The fraction of sp³-hybridized carbons (Fsp3) is 0.278. The van der Waals surface area contributed by atoms with Gasteiger partial charge in [0.15, 0.2) is 0 Å². The van der Waals surface area contributed by atoms with E-state index in [9.17, 15) is 17.6 Å². The maximum atomic E-state index is 13.3. The van der Waals surface area contributed by atoms with E-state index in [0.29, 0.717) is 23.4 Å². The van der Waals surface area contributed by atoms with E-state index in [0.717, 1.165) is 6.07 Å². The molecule has 0 aromatic heterocycles. The van der Waals surface area contributed by atoms with Crippen LogP contribution in [0.5, 0.6) is 5.75 Å². The molecule has 0 unspecified atom stereocenters. The highest BCUT2D eigenvalue weighted by molar-refractivity contribution is 7.89. The van der Waals surface area contributed by atoms with E-state index in [4.69, 9.17) is 4.74 Å². The summed E-state index contributed by atoms with van der Waals surface area (Å²) in [5, 5.41) is 2.65. The lowest BCUT2D eigenvalue weighted by atomic mass is 10.2. The molecule has 0 atom stereocenters. The number of amides is 1. The minimum absolute atomic E-state index is 0.0681. The van der Waals surface area contributed by atoms with Crippen LogP contribution >= 0.6 is 0 Å². The molecule has 0 aliphatic carbocycles. The van der Waals surface area contributed by atoms with Gasteiger partial charge in [-0.05, 0) is 43.2 Å². The molecular formula is C18H21FN2O4S. The predicted octanol–water partition coefficient (Wildman–Crippen LogP) is 2.84. The summed E-state index contributed by atoms with van der Waals surface area (Å²) in [4.78, 5) is 11.0. The lowest BCUT2D eigenvalue weighted by Gasteiger charge is -2.11. The summed E-state index contributed by atoms with van der Waals surface area (Å²) in [6.07, 6.45) is 0.429. The van der Waals surface area contributed by atoms with E-state index in [1.807, 2.05) is 0 Å². The number of benzene rings is 2. The Bertz CT molecular complexity index is 885. The van der Waals surface area contributed by atoms with Crippen molar-refractivity contribution in [3.63, 3.8) is 0 Å². The van der Waals surface area contributed by atoms with Crippen molar-refractivity contribution in [2.45, 2.75) is 25.2 Å². The number of aryl methyl sites for hydroxylation is 1. The van der Waals surface area contributed by atoms with Gasteiger partial charge in [-0.15, -0.1) is 0 Å². The van der Waals surface area contributed by atoms with Crippen LogP contribution in [0.15, 0.2) is 47.4 Å². The van der Waals surface area contributed by atoms with Crippen LogP contribution in [0.1, 0.15) is 18.9 Å². The molecule has 8 heteroatoms. The molecule has 0 heterocycles. The van der Waals surface area contributed by atoms with Crippen LogP contribution < -0.4 is 14.8 Å². The van der Waals surface area contributed by atoms with Crippen LogP contribution in [-0.2, 0) is 14.8 Å². The van der Waals surface area contributed by atoms with E-state index < -0.39 is 15.8 Å². The molecule has 0 saturated heterocycles. The monoisotopic (exact) mass is 380 g/mol. The van der Waals surface area contributed by atoms with Gasteiger partial charge in [0.1, 0.15) is 11.6 Å². The summed E-state index contributed by atoms with van der Waals surface area (Å²) < 4.78 is 45.7. The largest absolute Gasteiger partial charge is 0.493 e. The first-order valence-electron chi connectivity index (χ1n) is 8.04. The fourth-order valence-electron chi connectivity index (χ4n) is 2.28. The SMILES string of the molecule is CC(=O)Nc1cccc(OCCCNS(=O)(=O)c2cc(F)ccc2C)c1. The van der Waals surface area contributed by atoms with Gasteiger partial charge in [-0.25, -0.2) is 17.5 Å². The zero-order valence-corrected chi connectivity index (χ0v) is 15.4. The Morgan fingerprint density at radius 3 is 2.69 bits per heavy atom. The zero-order chi connectivity index (χ0) is 19.2. The van der Waals surface area contributed by atoms with Crippen LogP contribution in [0.2, 0.25) is 0 Å². The predicted molar refractivity (Wildman–Crippen MR) is 97.2 cm³/mol. The summed E-state index contributed by atoms with van der Waals surface area (Å²) in [6.45, 7) is 3.47. The molecule has 0 aliphatic rings. The maximum Gasteiger partial charge on any atom is 0.240 e. The van der Waals surface area contributed by atoms with Crippen molar-refractivity contribution < 1.29 is 22.3 Å². The van der Waals surface area contributed by atoms with Crippen molar-refractivity contribution in [3.05, 3.63) is 53.8 Å². The molecule has 1 amide bonds. The van der Waals surface area contributed by atoms with Crippen molar-refractivity contribution in [1.82, 2.24) is 4.72 Å². The highest BCUT2D eigenvalue weighted by Crippen LogP contribution is 2.18. The minimum atomic E-state index is -3.77. The Balaban J connectivity index is 1.83. The molecule has 2 rings (SSSR count). The first-order valence-corrected chi connectivity index (χ1v) is 9.52. The van der Waals surface area contributed by atoms with Gasteiger partial charge < -0.3 is 10.1 Å². The lowest BCUT2D eigenvalue weighted by Crippen LogP contribution is -2.26. The quantitative estimate of drug-likeness (QED) is 0.690. The number of sulfonamides is 1. The van der Waals surface area contributed by atoms with Gasteiger partial charge >= 0.3 is 0 Å². The molecule has 140 valence electrons. The number of ether oxygens (including phenoxy) is 1. The first-order chi connectivity index (χ1) is 12.3. The minimum Gasteiger partial charge on any atom is -0.493 e. The lowest BCUT2D eigenvalue weighted by molar-refractivity contribution is -0.114. The number of carbonyl (C=O) groups excluding carboxylic acids is 1. The number of anilines is 1. The second-order valence-corrected chi connectivity index (χ2v) is 7.45. The average molecular weight is 380 g/mol. The Hall–Kier alpha value is -2.45. The van der Waals surface area contributed by atoms with E-state index in [2.05, 4.69) is 10.0 Å². The van der Waals surface area contributed by atoms with Gasteiger partial charge in [-0.3, -0.25) is 4.79 Å². The van der Waals surface area contributed by atoms with Crippen LogP contribution in [-0.4, -0.2) is 27.5 Å². The number of nitrogens with one attached hydrogen (secondary N) is 2. The van der Waals surface area contributed by atoms with E-state index in [1.165, 1.54) is 19.1 Å². The van der Waals surface area contributed by atoms with Gasteiger partial charge in [0.2, 0.25) is 15.9 Å². The standard InChI is InChI=1S/C18H21FN2O4S/c1-13-7-8-15(19)11-18(13)26(23,24)20-9-4-10-25-17-6-3-5-16(12-17)21-14(2)22/h3,5-8,11-12,20H,4,9-10H2,1-2H3,(H,21,22). The third-order valence-corrected chi connectivity index (χ3v) is 5.08. The fourth-order valence-corrected chi connectivity index (χ4v) is 3.61. The van der Waals surface area contributed by atoms with Crippen LogP contribution in [0, 0.1) is 12.7 Å². The Morgan fingerprint density at radius 1 is 1.19 bits per heavy atom. The highest BCUT2D eigenvalue weighted by Gasteiger charge is 2.16. The second-order valence-electron chi connectivity index (χ2n) is 5.72. The summed E-state index contributed by atoms with van der Waals surface area (Å²) in [7, 11) is -3.77. The van der Waals surface area contributed by atoms with E-state index in [-0.39, 0.29) is 24.0 Å². The number of rotatable bonds is 8. The Labute approximate surface area is 152 Å². The molecule has 0 radical (unpaired) electrons. The van der Waals surface area contributed by atoms with Gasteiger partial charge in [0, 0.05) is 25.2 Å². The molecule has 0 saturated carbocycles. The third kappa shape index (κ3) is 5.82. The molecule has 0 spiro atoms. The Kier molecular flexibility index (Phi) is 6.70. The molecule has 0 bridgehead atoms.